The van der Waals surface area contributed by atoms with Gasteiger partial charge in [0.2, 0.25) is 0 Å². The second-order valence-corrected chi connectivity index (χ2v) is 5.51. The molecule has 4 rings (SSSR count). The molecule has 0 aliphatic heterocycles. The van der Waals surface area contributed by atoms with E-state index in [4.69, 9.17) is 4.42 Å². The summed E-state index contributed by atoms with van der Waals surface area (Å²) in [6.45, 7) is 1.80. The zero-order valence-corrected chi connectivity index (χ0v) is 13.1. The van der Waals surface area contributed by atoms with Crippen molar-refractivity contribution >= 4 is 22.7 Å². The number of hydrogen-bond donors (Lipinski definition) is 1. The largest absolute Gasteiger partial charge is 0.441 e. The Morgan fingerprint density at radius 2 is 1.83 bits per heavy atom. The van der Waals surface area contributed by atoms with Crippen LogP contribution in [0.3, 0.4) is 0 Å². The third kappa shape index (κ3) is 2.67. The van der Waals surface area contributed by atoms with Crippen molar-refractivity contribution in [3.63, 3.8) is 0 Å². The highest BCUT2D eigenvalue weighted by molar-refractivity contribution is 6.05. The van der Waals surface area contributed by atoms with Crippen LogP contribution in [-0.2, 0) is 0 Å². The normalized spacial score (nSPS) is 10.9. The molecule has 24 heavy (non-hydrogen) atoms. The van der Waals surface area contributed by atoms with Gasteiger partial charge in [-0.3, -0.25) is 4.79 Å². The maximum Gasteiger partial charge on any atom is 0.255 e. The van der Waals surface area contributed by atoms with Gasteiger partial charge < -0.3 is 14.3 Å². The van der Waals surface area contributed by atoms with Crippen molar-refractivity contribution in [2.45, 2.75) is 6.92 Å². The predicted molar refractivity (Wildman–Crippen MR) is 92.5 cm³/mol. The number of benzene rings is 2. The van der Waals surface area contributed by atoms with Gasteiger partial charge in [-0.15, -0.1) is 0 Å². The molecule has 0 fully saturated rings. The first-order valence-electron chi connectivity index (χ1n) is 7.61. The quantitative estimate of drug-likeness (QED) is 0.616. The number of fused-ring (bicyclic) bond motifs is 1. The molecule has 1 N–H and O–H groups in total. The zero-order valence-electron chi connectivity index (χ0n) is 13.1. The molecule has 0 aliphatic rings. The van der Waals surface area contributed by atoms with Crippen LogP contribution in [0.2, 0.25) is 0 Å². The molecule has 118 valence electrons. The summed E-state index contributed by atoms with van der Waals surface area (Å²) in [4.78, 5) is 16.7. The van der Waals surface area contributed by atoms with Crippen molar-refractivity contribution in [2.75, 3.05) is 5.32 Å². The highest BCUT2D eigenvalue weighted by Gasteiger charge is 2.08. The van der Waals surface area contributed by atoms with Gasteiger partial charge >= 0.3 is 0 Å². The summed E-state index contributed by atoms with van der Waals surface area (Å²) in [5, 5.41) is 2.89. The van der Waals surface area contributed by atoms with Crippen LogP contribution < -0.4 is 5.32 Å². The molecule has 4 aromatic rings. The number of oxazole rings is 1. The lowest BCUT2D eigenvalue weighted by molar-refractivity contribution is 0.102. The van der Waals surface area contributed by atoms with Crippen LogP contribution in [0.15, 0.2) is 71.4 Å². The Kier molecular flexibility index (Phi) is 3.39. The number of rotatable bonds is 3. The molecule has 0 aliphatic carbocycles. The first kappa shape index (κ1) is 14.3. The van der Waals surface area contributed by atoms with Crippen LogP contribution in [0.1, 0.15) is 16.2 Å². The minimum atomic E-state index is -0.159. The van der Waals surface area contributed by atoms with Gasteiger partial charge in [-0.2, -0.15) is 0 Å². The van der Waals surface area contributed by atoms with Crippen LogP contribution in [0.4, 0.5) is 5.69 Å². The van der Waals surface area contributed by atoms with Gasteiger partial charge in [-0.05, 0) is 54.6 Å². The van der Waals surface area contributed by atoms with E-state index in [0.717, 1.165) is 11.2 Å². The zero-order chi connectivity index (χ0) is 16.5. The maximum atomic E-state index is 12.4. The number of aryl methyl sites for hydroxylation is 1. The minimum absolute atomic E-state index is 0.159. The van der Waals surface area contributed by atoms with Crippen LogP contribution in [0.25, 0.3) is 16.8 Å². The fourth-order valence-electron chi connectivity index (χ4n) is 2.62. The van der Waals surface area contributed by atoms with Crippen LogP contribution in [0, 0.1) is 6.92 Å². The number of nitrogens with one attached hydrogen (secondary N) is 1. The molecule has 0 bridgehead atoms. The lowest BCUT2D eigenvalue weighted by Crippen LogP contribution is -2.11. The molecule has 0 spiro atoms. The molecule has 2 aromatic heterocycles. The Morgan fingerprint density at radius 1 is 1.08 bits per heavy atom. The van der Waals surface area contributed by atoms with Gasteiger partial charge in [0.25, 0.3) is 5.91 Å². The second-order valence-electron chi connectivity index (χ2n) is 5.51. The molecule has 0 saturated carbocycles. The van der Waals surface area contributed by atoms with Gasteiger partial charge in [0, 0.05) is 36.3 Å². The second kappa shape index (κ2) is 5.70. The van der Waals surface area contributed by atoms with Gasteiger partial charge in [0.15, 0.2) is 11.5 Å². The smallest absolute Gasteiger partial charge is 0.255 e. The molecule has 0 radical (unpaired) electrons. The van der Waals surface area contributed by atoms with Crippen molar-refractivity contribution in [1.29, 1.82) is 0 Å². The summed E-state index contributed by atoms with van der Waals surface area (Å²) in [7, 11) is 0. The van der Waals surface area contributed by atoms with E-state index in [0.29, 0.717) is 22.7 Å². The van der Waals surface area contributed by atoms with E-state index in [9.17, 15) is 4.79 Å². The van der Waals surface area contributed by atoms with Crippen molar-refractivity contribution in [1.82, 2.24) is 9.55 Å². The van der Waals surface area contributed by atoms with E-state index in [1.165, 1.54) is 0 Å². The maximum absolute atomic E-state index is 12.4. The fraction of sp³-hybridized carbons (Fsp3) is 0.0526. The summed E-state index contributed by atoms with van der Waals surface area (Å²) in [6.07, 6.45) is 3.92. The lowest BCUT2D eigenvalue weighted by atomic mass is 10.2. The molecule has 1 amide bonds. The number of carbonyl (C=O) groups is 1. The Labute approximate surface area is 138 Å². The minimum Gasteiger partial charge on any atom is -0.441 e. The average Bonchev–Trinajstić information content (AvgIpc) is 3.23. The Balaban J connectivity index is 1.54. The highest BCUT2D eigenvalue weighted by atomic mass is 16.3. The SMILES string of the molecule is Cc1nc2cc(NC(=O)c3ccc(-n4cccc4)cc3)ccc2o1. The number of carbonyl (C=O) groups excluding carboxylic acids is 1. The van der Waals surface area contributed by atoms with Crippen molar-refractivity contribution < 1.29 is 9.21 Å². The molecule has 0 saturated heterocycles. The average molecular weight is 317 g/mol. The molecule has 2 aromatic carbocycles. The first-order chi connectivity index (χ1) is 11.7. The third-order valence-electron chi connectivity index (χ3n) is 3.78. The van der Waals surface area contributed by atoms with Crippen molar-refractivity contribution in [2.24, 2.45) is 0 Å². The van der Waals surface area contributed by atoms with Gasteiger partial charge in [0.1, 0.15) is 5.52 Å². The van der Waals surface area contributed by atoms with E-state index in [2.05, 4.69) is 10.3 Å². The first-order valence-corrected chi connectivity index (χ1v) is 7.61. The van der Waals surface area contributed by atoms with Crippen LogP contribution in [0.5, 0.6) is 0 Å². The van der Waals surface area contributed by atoms with Crippen LogP contribution >= 0.6 is 0 Å². The molecule has 5 heteroatoms. The molecule has 5 nitrogen and oxygen atoms in total. The molecular formula is C19H15N3O2. The summed E-state index contributed by atoms with van der Waals surface area (Å²) < 4.78 is 7.42. The Morgan fingerprint density at radius 3 is 2.58 bits per heavy atom. The Bertz CT molecular complexity index is 999. The van der Waals surface area contributed by atoms with Crippen molar-refractivity contribution in [3.8, 4) is 5.69 Å². The lowest BCUT2D eigenvalue weighted by Gasteiger charge is -2.07. The van der Waals surface area contributed by atoms with Crippen molar-refractivity contribution in [3.05, 3.63) is 78.4 Å². The summed E-state index contributed by atoms with van der Waals surface area (Å²) in [5.41, 5.74) is 3.74. The number of amides is 1. The van der Waals surface area contributed by atoms with Gasteiger partial charge in [-0.25, -0.2) is 4.98 Å². The number of nitrogens with zero attached hydrogens (tertiary/aromatic N) is 2. The molecule has 0 atom stereocenters. The molecular weight excluding hydrogens is 302 g/mol. The van der Waals surface area contributed by atoms with Gasteiger partial charge in [-0.1, -0.05) is 0 Å². The topological polar surface area (TPSA) is 60.1 Å². The van der Waals surface area contributed by atoms with E-state index in [1.807, 2.05) is 53.4 Å². The van der Waals surface area contributed by atoms with E-state index in [1.54, 1.807) is 25.1 Å². The third-order valence-corrected chi connectivity index (χ3v) is 3.78. The van der Waals surface area contributed by atoms with E-state index >= 15 is 0 Å². The highest BCUT2D eigenvalue weighted by Crippen LogP contribution is 2.20. The van der Waals surface area contributed by atoms with Gasteiger partial charge in [0.05, 0.1) is 0 Å². The number of anilines is 1. The molecule has 2 heterocycles. The monoisotopic (exact) mass is 317 g/mol. The fourth-order valence-corrected chi connectivity index (χ4v) is 2.62. The number of aromatic nitrogens is 2. The molecule has 0 unspecified atom stereocenters. The summed E-state index contributed by atoms with van der Waals surface area (Å²) in [6, 6.07) is 16.8. The van der Waals surface area contributed by atoms with Crippen LogP contribution in [-0.4, -0.2) is 15.5 Å². The predicted octanol–water partition coefficient (Wildman–Crippen LogP) is 4.18. The summed E-state index contributed by atoms with van der Waals surface area (Å²) in [5.74, 6) is 0.447. The van der Waals surface area contributed by atoms with E-state index in [-0.39, 0.29) is 5.91 Å². The Hall–Kier alpha value is -3.34. The summed E-state index contributed by atoms with van der Waals surface area (Å²) >= 11 is 0. The standard InChI is InChI=1S/C19H15N3O2/c1-13-20-17-12-15(6-9-18(17)24-13)21-19(23)14-4-7-16(8-5-14)22-10-2-3-11-22/h2-12H,1H3,(H,21,23). The van der Waals surface area contributed by atoms with E-state index < -0.39 is 0 Å². The number of hydrogen-bond acceptors (Lipinski definition) is 3.